The van der Waals surface area contributed by atoms with E-state index in [0.29, 0.717) is 18.1 Å². The molecule has 0 N–H and O–H groups in total. The van der Waals surface area contributed by atoms with E-state index in [-0.39, 0.29) is 5.82 Å². The van der Waals surface area contributed by atoms with Crippen molar-refractivity contribution in [3.8, 4) is 11.1 Å². The van der Waals surface area contributed by atoms with Crippen molar-refractivity contribution in [3.05, 3.63) is 96.2 Å². The molecule has 4 aromatic rings. The zero-order valence-corrected chi connectivity index (χ0v) is 16.7. The van der Waals surface area contributed by atoms with Crippen LogP contribution in [-0.2, 0) is 17.9 Å². The van der Waals surface area contributed by atoms with Crippen LogP contribution < -0.4 is 4.90 Å². The van der Waals surface area contributed by atoms with E-state index >= 15 is 0 Å². The van der Waals surface area contributed by atoms with Crippen molar-refractivity contribution in [1.29, 1.82) is 0 Å². The second-order valence-corrected chi connectivity index (χ2v) is 7.59. The number of isocyanates is 1. The van der Waals surface area contributed by atoms with Crippen LogP contribution in [0, 0.1) is 5.82 Å². The summed E-state index contributed by atoms with van der Waals surface area (Å²) in [5.74, 6) is -0.270. The lowest BCUT2D eigenvalue weighted by Gasteiger charge is -2.22. The summed E-state index contributed by atoms with van der Waals surface area (Å²) in [5, 5.41) is 1.22. The van der Waals surface area contributed by atoms with E-state index in [9.17, 15) is 9.18 Å². The van der Waals surface area contributed by atoms with Crippen molar-refractivity contribution < 1.29 is 9.18 Å². The molecule has 0 aliphatic heterocycles. The molecule has 0 unspecified atom stereocenters. The maximum Gasteiger partial charge on any atom is 0.241 e. The minimum atomic E-state index is -0.270. The molecule has 0 saturated carbocycles. The molecule has 7 heteroatoms. The largest absolute Gasteiger partial charge is 0.339 e. The van der Waals surface area contributed by atoms with Crippen LogP contribution in [0.1, 0.15) is 11.1 Å². The lowest BCUT2D eigenvalue weighted by atomic mass is 10.1. The summed E-state index contributed by atoms with van der Waals surface area (Å²) in [5.41, 5.74) is 4.21. The van der Waals surface area contributed by atoms with Gasteiger partial charge in [0.15, 0.2) is 10.1 Å². The molecule has 0 fully saturated rings. The van der Waals surface area contributed by atoms with Crippen molar-refractivity contribution in [2.24, 2.45) is 4.99 Å². The maximum absolute atomic E-state index is 13.3. The van der Waals surface area contributed by atoms with Crippen LogP contribution in [0.15, 0.2) is 84.2 Å². The number of hydrogen-bond acceptors (Lipinski definition) is 6. The molecule has 4 rings (SSSR count). The van der Waals surface area contributed by atoms with E-state index in [1.165, 1.54) is 23.5 Å². The van der Waals surface area contributed by atoms with E-state index < -0.39 is 0 Å². The van der Waals surface area contributed by atoms with E-state index in [1.54, 1.807) is 30.6 Å². The molecular formula is C23H17FN4OS. The molecule has 0 saturated heterocycles. The molecule has 0 bridgehead atoms. The maximum atomic E-state index is 13.3. The molecule has 2 aromatic carbocycles. The monoisotopic (exact) mass is 416 g/mol. The number of nitrogens with zero attached hydrogens (tertiary/aromatic N) is 4. The summed E-state index contributed by atoms with van der Waals surface area (Å²) in [6.45, 7) is 1.14. The third-order valence-corrected chi connectivity index (χ3v) is 5.47. The number of benzene rings is 2. The Balaban J connectivity index is 1.58. The first-order valence-electron chi connectivity index (χ1n) is 9.24. The minimum absolute atomic E-state index is 0.270. The Bertz CT molecular complexity index is 1150. The summed E-state index contributed by atoms with van der Waals surface area (Å²) in [6.07, 6.45) is 6.68. The van der Waals surface area contributed by atoms with Gasteiger partial charge in [-0.05, 0) is 40.5 Å². The van der Waals surface area contributed by atoms with Gasteiger partial charge in [0.2, 0.25) is 6.08 Å². The van der Waals surface area contributed by atoms with Gasteiger partial charge in [0.25, 0.3) is 0 Å². The van der Waals surface area contributed by atoms with Gasteiger partial charge < -0.3 is 4.90 Å². The Morgan fingerprint density at radius 2 is 1.63 bits per heavy atom. The topological polar surface area (TPSA) is 58.5 Å². The molecule has 30 heavy (non-hydrogen) atoms. The Morgan fingerprint density at radius 1 is 0.933 bits per heavy atom. The predicted octanol–water partition coefficient (Wildman–Crippen LogP) is 5.52. The Labute approximate surface area is 177 Å². The summed E-state index contributed by atoms with van der Waals surface area (Å²) in [6, 6.07) is 18.6. The molecule has 0 amide bonds. The van der Waals surface area contributed by atoms with Crippen LogP contribution in [0.4, 0.5) is 14.5 Å². The van der Waals surface area contributed by atoms with Gasteiger partial charge in [-0.3, -0.25) is 4.98 Å². The highest BCUT2D eigenvalue weighted by molar-refractivity contribution is 7.19. The van der Waals surface area contributed by atoms with Gasteiger partial charge in [-0.25, -0.2) is 14.2 Å². The average molecular weight is 416 g/mol. The van der Waals surface area contributed by atoms with Crippen LogP contribution in [0.2, 0.25) is 0 Å². The quantitative estimate of drug-likeness (QED) is 0.294. The molecule has 2 heterocycles. The van der Waals surface area contributed by atoms with Crippen molar-refractivity contribution in [3.63, 3.8) is 0 Å². The number of carbonyl (C=O) groups excluding carboxylic acids is 1. The summed E-state index contributed by atoms with van der Waals surface area (Å²) >= 11 is 1.31. The Morgan fingerprint density at radius 3 is 2.27 bits per heavy atom. The Kier molecular flexibility index (Phi) is 6.03. The number of aromatic nitrogens is 2. The van der Waals surface area contributed by atoms with Gasteiger partial charge in [-0.1, -0.05) is 53.8 Å². The smallest absolute Gasteiger partial charge is 0.241 e. The molecule has 148 valence electrons. The second kappa shape index (κ2) is 9.22. The van der Waals surface area contributed by atoms with Crippen molar-refractivity contribution in [2.75, 3.05) is 4.90 Å². The first kappa shape index (κ1) is 19.6. The van der Waals surface area contributed by atoms with Crippen LogP contribution in [0.5, 0.6) is 0 Å². The van der Waals surface area contributed by atoms with Crippen LogP contribution >= 0.6 is 11.3 Å². The average Bonchev–Trinajstić information content (AvgIpc) is 3.25. The van der Waals surface area contributed by atoms with Crippen LogP contribution in [-0.4, -0.2) is 16.0 Å². The SMILES string of the molecule is O=C=Nc1cnc(N(Cc2ccc(F)cc2)Cc2ccc(-c3cccnc3)cc2)s1. The van der Waals surface area contributed by atoms with Gasteiger partial charge >= 0.3 is 0 Å². The zero-order chi connectivity index (χ0) is 20.8. The van der Waals surface area contributed by atoms with E-state index in [0.717, 1.165) is 27.4 Å². The molecule has 0 radical (unpaired) electrons. The zero-order valence-electron chi connectivity index (χ0n) is 15.9. The number of rotatable bonds is 7. The summed E-state index contributed by atoms with van der Waals surface area (Å²) in [7, 11) is 0. The van der Waals surface area contributed by atoms with Gasteiger partial charge in [0.1, 0.15) is 5.82 Å². The van der Waals surface area contributed by atoms with Gasteiger partial charge in [0, 0.05) is 25.5 Å². The number of hydrogen-bond donors (Lipinski definition) is 0. The molecular weight excluding hydrogens is 399 g/mol. The van der Waals surface area contributed by atoms with Crippen LogP contribution in [0.3, 0.4) is 0 Å². The number of aliphatic imine (C=N–C) groups is 1. The minimum Gasteiger partial charge on any atom is -0.339 e. The lowest BCUT2D eigenvalue weighted by molar-refractivity contribution is 0.565. The van der Waals surface area contributed by atoms with Crippen molar-refractivity contribution >= 4 is 27.5 Å². The number of thiazole rings is 1. The highest BCUT2D eigenvalue weighted by Crippen LogP contribution is 2.31. The second-order valence-electron chi connectivity index (χ2n) is 6.61. The summed E-state index contributed by atoms with van der Waals surface area (Å²) in [4.78, 5) is 24.8. The third kappa shape index (κ3) is 4.84. The number of halogens is 1. The first-order chi connectivity index (χ1) is 14.7. The van der Waals surface area contributed by atoms with Gasteiger partial charge in [0.05, 0.1) is 6.20 Å². The molecule has 0 atom stereocenters. The van der Waals surface area contributed by atoms with E-state index in [2.05, 4.69) is 44.1 Å². The molecule has 0 aliphatic rings. The molecule has 2 aromatic heterocycles. The highest BCUT2D eigenvalue weighted by Gasteiger charge is 2.13. The predicted molar refractivity (Wildman–Crippen MR) is 116 cm³/mol. The van der Waals surface area contributed by atoms with E-state index in [4.69, 9.17) is 0 Å². The third-order valence-electron chi connectivity index (χ3n) is 4.52. The van der Waals surface area contributed by atoms with Crippen molar-refractivity contribution in [1.82, 2.24) is 9.97 Å². The fourth-order valence-corrected chi connectivity index (χ4v) is 3.80. The lowest BCUT2D eigenvalue weighted by Crippen LogP contribution is -2.21. The van der Waals surface area contributed by atoms with Crippen LogP contribution in [0.25, 0.3) is 11.1 Å². The molecule has 0 spiro atoms. The number of pyridine rings is 1. The standard InChI is InChI=1S/C23H17FN4OS/c24-21-9-5-18(6-10-21)15-28(23-26-13-22(30-23)27-16-29)14-17-3-7-19(8-4-17)20-2-1-11-25-12-20/h1-13H,14-15H2. The molecule has 5 nitrogen and oxygen atoms in total. The van der Waals surface area contributed by atoms with Crippen molar-refractivity contribution in [2.45, 2.75) is 13.1 Å². The molecule has 0 aliphatic carbocycles. The van der Waals surface area contributed by atoms with E-state index in [1.807, 2.05) is 18.3 Å². The Hall–Kier alpha value is -3.67. The first-order valence-corrected chi connectivity index (χ1v) is 10.1. The highest BCUT2D eigenvalue weighted by atomic mass is 32.1. The fourth-order valence-electron chi connectivity index (χ4n) is 3.06. The van der Waals surface area contributed by atoms with Gasteiger partial charge in [-0.2, -0.15) is 4.99 Å². The fraction of sp³-hybridized carbons (Fsp3) is 0.0870. The number of anilines is 1. The summed E-state index contributed by atoms with van der Waals surface area (Å²) < 4.78 is 13.3. The van der Waals surface area contributed by atoms with Gasteiger partial charge in [-0.15, -0.1) is 0 Å². The normalized spacial score (nSPS) is 10.4.